The number of aromatic amines is 1. The average molecular weight is 632 g/mol. The molecule has 2 fully saturated rings. The fourth-order valence-electron chi connectivity index (χ4n) is 6.59. The summed E-state index contributed by atoms with van der Waals surface area (Å²) in [4.78, 5) is 33.2. The number of nitrogens with zero attached hydrogens (tertiary/aromatic N) is 2. The van der Waals surface area contributed by atoms with E-state index in [1.165, 1.54) is 15.8 Å². The van der Waals surface area contributed by atoms with Crippen molar-refractivity contribution in [3.05, 3.63) is 128 Å². The maximum absolute atomic E-state index is 13.1. The molecule has 3 aromatic carbocycles. The summed E-state index contributed by atoms with van der Waals surface area (Å²) < 4.78 is 25.4. The molecule has 5 atom stereocenters. The van der Waals surface area contributed by atoms with Crippen molar-refractivity contribution in [2.24, 2.45) is 0 Å². The molecule has 0 bridgehead atoms. The van der Waals surface area contributed by atoms with Crippen molar-refractivity contribution in [1.82, 2.24) is 14.6 Å². The Morgan fingerprint density at radius 3 is 2.00 bits per heavy atom. The monoisotopic (exact) mass is 631 g/mol. The lowest BCUT2D eigenvalue weighted by atomic mass is 9.79. The zero-order chi connectivity index (χ0) is 32.6. The van der Waals surface area contributed by atoms with Crippen LogP contribution in [0.2, 0.25) is 0 Å². The van der Waals surface area contributed by atoms with Crippen LogP contribution >= 0.6 is 0 Å². The summed E-state index contributed by atoms with van der Waals surface area (Å²) in [5.74, 6) is 1.33. The van der Waals surface area contributed by atoms with Crippen LogP contribution in [-0.2, 0) is 19.9 Å². The molecule has 0 saturated carbocycles. The van der Waals surface area contributed by atoms with Gasteiger partial charge in [0.2, 0.25) is 0 Å². The number of benzene rings is 3. The standard InChI is InChI=1S/C34H37N3O9/c1-21-18-37(32(41)35-30(21)40)31-33(28(38)20-45-36(33)2)29(39)27(46-31)19-44-34(22-8-6-5-7-9-22,23-10-14-25(42-3)15-11-23)24-12-16-26(43-4)17-13-24/h5-18,27-29,31,38-39H,19-20H2,1-4H3,(H,35,40,41)/t27-,28-,29-,31-,33+/m1/s1. The minimum atomic E-state index is -1.60. The molecule has 12 nitrogen and oxygen atoms in total. The van der Waals surface area contributed by atoms with E-state index in [1.807, 2.05) is 78.9 Å². The van der Waals surface area contributed by atoms with E-state index in [4.69, 9.17) is 23.8 Å². The molecule has 6 rings (SSSR count). The van der Waals surface area contributed by atoms with Gasteiger partial charge in [-0.25, -0.2) is 4.79 Å². The number of methoxy groups -OCH3 is 2. The third-order valence-electron chi connectivity index (χ3n) is 9.07. The maximum Gasteiger partial charge on any atom is 0.330 e. The summed E-state index contributed by atoms with van der Waals surface area (Å²) in [6, 6.07) is 24.7. The Bertz CT molecular complexity index is 1720. The van der Waals surface area contributed by atoms with Crippen molar-refractivity contribution in [2.75, 3.05) is 34.5 Å². The molecular formula is C34H37N3O9. The molecule has 3 N–H and O–H groups in total. The largest absolute Gasteiger partial charge is 0.497 e. The van der Waals surface area contributed by atoms with Crippen LogP contribution in [0.5, 0.6) is 11.5 Å². The molecule has 46 heavy (non-hydrogen) atoms. The number of nitrogens with one attached hydrogen (secondary N) is 1. The van der Waals surface area contributed by atoms with Gasteiger partial charge in [-0.2, -0.15) is 5.06 Å². The third kappa shape index (κ3) is 5.03. The Labute approximate surface area is 265 Å². The van der Waals surface area contributed by atoms with Gasteiger partial charge < -0.3 is 29.2 Å². The van der Waals surface area contributed by atoms with Crippen LogP contribution in [0.15, 0.2) is 94.6 Å². The van der Waals surface area contributed by atoms with Crippen molar-refractivity contribution in [3.63, 3.8) is 0 Å². The number of rotatable bonds is 9. The summed E-state index contributed by atoms with van der Waals surface area (Å²) in [6.45, 7) is 1.24. The third-order valence-corrected chi connectivity index (χ3v) is 9.07. The normalized spacial score (nSPS) is 24.8. The van der Waals surface area contributed by atoms with Crippen LogP contribution in [0.1, 0.15) is 28.5 Å². The van der Waals surface area contributed by atoms with Gasteiger partial charge in [-0.15, -0.1) is 0 Å². The van der Waals surface area contributed by atoms with Gasteiger partial charge in [-0.3, -0.25) is 19.2 Å². The van der Waals surface area contributed by atoms with Gasteiger partial charge in [0, 0.05) is 18.8 Å². The Morgan fingerprint density at radius 1 is 0.913 bits per heavy atom. The van der Waals surface area contributed by atoms with Gasteiger partial charge in [0.1, 0.15) is 41.0 Å². The second-order valence-corrected chi connectivity index (χ2v) is 11.5. The van der Waals surface area contributed by atoms with E-state index in [9.17, 15) is 19.8 Å². The number of aryl methyl sites for hydroxylation is 1. The molecule has 12 heteroatoms. The van der Waals surface area contributed by atoms with Crippen LogP contribution in [0.3, 0.4) is 0 Å². The van der Waals surface area contributed by atoms with E-state index < -0.39 is 46.9 Å². The van der Waals surface area contributed by atoms with Crippen LogP contribution in [0.4, 0.5) is 0 Å². The minimum Gasteiger partial charge on any atom is -0.497 e. The van der Waals surface area contributed by atoms with E-state index >= 15 is 0 Å². The summed E-state index contributed by atoms with van der Waals surface area (Å²) in [5.41, 5.74) is -1.50. The lowest BCUT2D eigenvalue weighted by molar-refractivity contribution is -0.192. The molecule has 0 radical (unpaired) electrons. The molecule has 0 unspecified atom stereocenters. The first-order valence-corrected chi connectivity index (χ1v) is 14.9. The highest BCUT2D eigenvalue weighted by atomic mass is 16.7. The topological polar surface area (TPSA) is 145 Å². The zero-order valence-electron chi connectivity index (χ0n) is 26.0. The quantitative estimate of drug-likeness (QED) is 0.235. The van der Waals surface area contributed by atoms with Gasteiger partial charge >= 0.3 is 5.69 Å². The molecule has 0 aliphatic carbocycles. The van der Waals surface area contributed by atoms with Gasteiger partial charge in [0.05, 0.1) is 27.4 Å². The highest BCUT2D eigenvalue weighted by molar-refractivity contribution is 5.49. The first-order chi connectivity index (χ1) is 22.2. The van der Waals surface area contributed by atoms with Gasteiger partial charge in [-0.05, 0) is 47.9 Å². The van der Waals surface area contributed by atoms with Crippen molar-refractivity contribution in [3.8, 4) is 11.5 Å². The van der Waals surface area contributed by atoms with Crippen LogP contribution < -0.4 is 20.7 Å². The number of hydrogen-bond acceptors (Lipinski definition) is 10. The Balaban J connectivity index is 1.47. The molecular weight excluding hydrogens is 594 g/mol. The van der Waals surface area contributed by atoms with E-state index in [1.54, 1.807) is 28.2 Å². The Kier molecular flexibility index (Phi) is 8.59. The SMILES string of the molecule is COc1ccc(C(OC[C@H]2O[C@@H](n3cc(C)c(=O)[nH]c3=O)[C@]3([C@H](O)CON3C)[C@@H]2O)(c2ccccc2)c2ccc(OC)cc2)cc1. The van der Waals surface area contributed by atoms with Crippen LogP contribution in [0.25, 0.3) is 0 Å². The Hall–Kier alpha value is -4.30. The molecule has 2 aliphatic rings. The van der Waals surface area contributed by atoms with E-state index in [-0.39, 0.29) is 18.8 Å². The summed E-state index contributed by atoms with van der Waals surface area (Å²) in [7, 11) is 4.75. The number of likely N-dealkylation sites (N-methyl/N-ethyl adjacent to an activating group) is 1. The zero-order valence-corrected chi connectivity index (χ0v) is 26.0. The van der Waals surface area contributed by atoms with Crippen LogP contribution in [0, 0.1) is 6.92 Å². The second kappa shape index (κ2) is 12.5. The average Bonchev–Trinajstić information content (AvgIpc) is 3.55. The lowest BCUT2D eigenvalue weighted by Crippen LogP contribution is -2.61. The van der Waals surface area contributed by atoms with Crippen molar-refractivity contribution < 1.29 is 34.0 Å². The summed E-state index contributed by atoms with van der Waals surface area (Å²) in [6.07, 6.45) is -3.58. The highest BCUT2D eigenvalue weighted by Gasteiger charge is 2.67. The smallest absolute Gasteiger partial charge is 0.330 e. The molecule has 1 aromatic heterocycles. The maximum atomic E-state index is 13.1. The first kappa shape index (κ1) is 31.7. The van der Waals surface area contributed by atoms with Crippen molar-refractivity contribution in [1.29, 1.82) is 0 Å². The number of H-pyrrole nitrogens is 1. The lowest BCUT2D eigenvalue weighted by Gasteiger charge is -2.39. The molecule has 4 aromatic rings. The number of hydroxylamine groups is 2. The summed E-state index contributed by atoms with van der Waals surface area (Å²) >= 11 is 0. The van der Waals surface area contributed by atoms with Crippen LogP contribution in [-0.4, -0.2) is 83.2 Å². The van der Waals surface area contributed by atoms with E-state index in [2.05, 4.69) is 4.98 Å². The van der Waals surface area contributed by atoms with Gasteiger partial charge in [-0.1, -0.05) is 54.6 Å². The molecule has 0 amide bonds. The number of hydrogen-bond donors (Lipinski definition) is 3. The molecule has 242 valence electrons. The fraction of sp³-hybridized carbons (Fsp3) is 0.353. The predicted octanol–water partition coefficient (Wildman–Crippen LogP) is 2.11. The van der Waals surface area contributed by atoms with Gasteiger partial charge in [0.15, 0.2) is 6.23 Å². The van der Waals surface area contributed by atoms with Crippen molar-refractivity contribution >= 4 is 0 Å². The second-order valence-electron chi connectivity index (χ2n) is 11.5. The van der Waals surface area contributed by atoms with Gasteiger partial charge in [0.25, 0.3) is 5.56 Å². The summed E-state index contributed by atoms with van der Waals surface area (Å²) in [5, 5.41) is 24.6. The number of aliphatic hydroxyl groups excluding tert-OH is 2. The Morgan fingerprint density at radius 2 is 1.48 bits per heavy atom. The van der Waals surface area contributed by atoms with Crippen molar-refractivity contribution in [2.45, 2.75) is 42.6 Å². The molecule has 2 saturated heterocycles. The molecule has 2 aliphatic heterocycles. The minimum absolute atomic E-state index is 0.135. The molecule has 1 spiro atoms. The number of aliphatic hydroxyl groups is 2. The highest BCUT2D eigenvalue weighted by Crippen LogP contribution is 2.49. The molecule has 3 heterocycles. The fourth-order valence-corrected chi connectivity index (χ4v) is 6.59. The van der Waals surface area contributed by atoms with E-state index in [0.717, 1.165) is 16.7 Å². The van der Waals surface area contributed by atoms with E-state index in [0.29, 0.717) is 11.5 Å². The first-order valence-electron chi connectivity index (χ1n) is 14.9. The predicted molar refractivity (Wildman–Crippen MR) is 167 cm³/mol. The number of aromatic nitrogens is 2. The number of ether oxygens (including phenoxy) is 4.